The number of nitrogens with two attached hydrogens (primary N) is 1. The molecule has 2 heterocycles. The van der Waals surface area contributed by atoms with Gasteiger partial charge in [0.15, 0.2) is 9.92 Å². The predicted octanol–water partition coefficient (Wildman–Crippen LogP) is 2.52. The molecule has 154 valence electrons. The lowest BCUT2D eigenvalue weighted by molar-refractivity contribution is 0.248. The van der Waals surface area contributed by atoms with Crippen molar-refractivity contribution in [2.24, 2.45) is 9.50 Å². The molecule has 0 fully saturated rings. The topological polar surface area (TPSA) is 112 Å². The van der Waals surface area contributed by atoms with Gasteiger partial charge < -0.3 is 10.1 Å². The van der Waals surface area contributed by atoms with Crippen LogP contribution in [0.4, 0.5) is 14.9 Å². The number of amides is 2. The zero-order valence-electron chi connectivity index (χ0n) is 16.0. The van der Waals surface area contributed by atoms with E-state index in [0.29, 0.717) is 18.7 Å². The first-order valence-corrected chi connectivity index (χ1v) is 11.3. The smallest absolute Gasteiger partial charge is 0.354 e. The van der Waals surface area contributed by atoms with Crippen molar-refractivity contribution in [1.82, 2.24) is 9.78 Å². The van der Waals surface area contributed by atoms with Gasteiger partial charge in [-0.15, -0.1) is 4.36 Å². The summed E-state index contributed by atoms with van der Waals surface area (Å²) in [6, 6.07) is 1.25. The molecular weight excluding hydrogens is 397 g/mol. The van der Waals surface area contributed by atoms with Gasteiger partial charge in [0.25, 0.3) is 0 Å². The predicted molar refractivity (Wildman–Crippen MR) is 105 cm³/mol. The van der Waals surface area contributed by atoms with Crippen molar-refractivity contribution in [3.63, 3.8) is 0 Å². The van der Waals surface area contributed by atoms with Gasteiger partial charge in [-0.25, -0.2) is 23.2 Å². The van der Waals surface area contributed by atoms with Crippen molar-refractivity contribution in [3.8, 4) is 5.88 Å². The zero-order valence-corrected chi connectivity index (χ0v) is 16.8. The Morgan fingerprint density at radius 1 is 1.38 bits per heavy atom. The van der Waals surface area contributed by atoms with Gasteiger partial charge in [-0.3, -0.25) is 0 Å². The molecule has 10 heteroatoms. The van der Waals surface area contributed by atoms with E-state index in [1.165, 1.54) is 6.20 Å². The highest BCUT2D eigenvalue weighted by atomic mass is 32.2. The van der Waals surface area contributed by atoms with E-state index in [4.69, 9.17) is 9.88 Å². The van der Waals surface area contributed by atoms with Crippen LogP contribution in [0, 0.1) is 0 Å². The Balaban J connectivity index is 1.49. The normalized spacial score (nSPS) is 23.7. The van der Waals surface area contributed by atoms with E-state index in [2.05, 4.69) is 20.8 Å². The average molecular weight is 419 g/mol. The minimum Gasteiger partial charge on any atom is -0.472 e. The first-order valence-electron chi connectivity index (χ1n) is 9.71. The summed E-state index contributed by atoms with van der Waals surface area (Å²) in [5.41, 5.74) is 4.52. The Hall–Kier alpha value is -2.46. The van der Waals surface area contributed by atoms with Crippen molar-refractivity contribution in [2.75, 3.05) is 5.32 Å². The number of anilines is 1. The number of ether oxygens (including phenoxy) is 1. The van der Waals surface area contributed by atoms with Gasteiger partial charge >= 0.3 is 6.03 Å². The number of carbonyl (C=O) groups excluding carboxylic acids is 1. The fraction of sp³-hybridized carbons (Fsp3) is 0.474. The molecule has 3 unspecified atom stereocenters. The van der Waals surface area contributed by atoms with Gasteiger partial charge in [-0.2, -0.15) is 5.10 Å². The molecule has 0 radical (unpaired) electrons. The van der Waals surface area contributed by atoms with Gasteiger partial charge in [0.1, 0.15) is 17.2 Å². The number of halogens is 1. The second kappa shape index (κ2) is 6.53. The minimum atomic E-state index is -3.54. The number of hydrogen-bond donors (Lipinski definition) is 2. The van der Waals surface area contributed by atoms with Crippen molar-refractivity contribution in [3.05, 3.63) is 34.5 Å². The summed E-state index contributed by atoms with van der Waals surface area (Å²) in [6.07, 6.45) is 3.58. The lowest BCUT2D eigenvalue weighted by atomic mass is 9.99. The minimum absolute atomic E-state index is 0.101. The number of benzene rings is 1. The lowest BCUT2D eigenvalue weighted by Crippen LogP contribution is -2.19. The number of aryl methyl sites for hydroxylation is 1. The third kappa shape index (κ3) is 3.10. The van der Waals surface area contributed by atoms with Crippen LogP contribution in [0.2, 0.25) is 0 Å². The third-order valence-electron chi connectivity index (χ3n) is 5.74. The maximum atomic E-state index is 14.0. The number of nitrogens with zero attached hydrogens (tertiary/aromatic N) is 3. The highest BCUT2D eigenvalue weighted by Crippen LogP contribution is 2.39. The molecular formula is C19H22FN5O3S. The molecule has 0 saturated carbocycles. The number of urea groups is 1. The number of alkyl halides is 1. The summed E-state index contributed by atoms with van der Waals surface area (Å²) in [5, 5.41) is 12.8. The largest absolute Gasteiger partial charge is 0.472 e. The SMILES string of the molecule is CC1Cn2ncc(S(N)(=O)=NC(=O)Nc3c4c(cc5c3CC(F)C5)CCC4)c2O1. The van der Waals surface area contributed by atoms with Crippen LogP contribution in [0.5, 0.6) is 5.88 Å². The summed E-state index contributed by atoms with van der Waals surface area (Å²) < 4.78 is 37.9. The van der Waals surface area contributed by atoms with Gasteiger partial charge in [0.2, 0.25) is 5.88 Å². The summed E-state index contributed by atoms with van der Waals surface area (Å²) in [4.78, 5) is 12.8. The summed E-state index contributed by atoms with van der Waals surface area (Å²) in [5.74, 6) is 0.281. The lowest BCUT2D eigenvalue weighted by Gasteiger charge is -2.15. The average Bonchev–Trinajstić information content (AvgIpc) is 3.36. The van der Waals surface area contributed by atoms with E-state index in [9.17, 15) is 13.4 Å². The van der Waals surface area contributed by atoms with Gasteiger partial charge in [-0.05, 0) is 48.4 Å². The van der Waals surface area contributed by atoms with Crippen LogP contribution in [-0.2, 0) is 42.1 Å². The van der Waals surface area contributed by atoms with E-state index in [1.54, 1.807) is 4.68 Å². The highest BCUT2D eigenvalue weighted by Gasteiger charge is 2.31. The van der Waals surface area contributed by atoms with Crippen LogP contribution < -0.4 is 15.2 Å². The Labute approximate surface area is 167 Å². The van der Waals surface area contributed by atoms with Crippen LogP contribution in [-0.4, -0.2) is 32.3 Å². The molecule has 0 saturated heterocycles. The molecule has 0 bridgehead atoms. The van der Waals surface area contributed by atoms with Crippen LogP contribution in [0.1, 0.15) is 35.6 Å². The van der Waals surface area contributed by atoms with E-state index in [-0.39, 0.29) is 23.3 Å². The number of fused-ring (bicyclic) bond motifs is 3. The van der Waals surface area contributed by atoms with Crippen LogP contribution in [0.25, 0.3) is 0 Å². The molecule has 3 atom stereocenters. The van der Waals surface area contributed by atoms with Crippen LogP contribution in [0.3, 0.4) is 0 Å². The van der Waals surface area contributed by atoms with E-state index >= 15 is 0 Å². The van der Waals surface area contributed by atoms with Crippen molar-refractivity contribution >= 4 is 21.6 Å². The monoisotopic (exact) mass is 419 g/mol. The van der Waals surface area contributed by atoms with Gasteiger partial charge in [0.05, 0.1) is 12.7 Å². The molecule has 5 rings (SSSR count). The second-order valence-corrected chi connectivity index (χ2v) is 9.66. The molecule has 1 aliphatic heterocycles. The Kier molecular flexibility index (Phi) is 4.18. The van der Waals surface area contributed by atoms with Crippen molar-refractivity contribution < 1.29 is 18.1 Å². The van der Waals surface area contributed by atoms with Gasteiger partial charge in [-0.1, -0.05) is 6.07 Å². The number of rotatable bonds is 2. The summed E-state index contributed by atoms with van der Waals surface area (Å²) >= 11 is 0. The maximum Gasteiger partial charge on any atom is 0.354 e. The zero-order chi connectivity index (χ0) is 20.3. The summed E-state index contributed by atoms with van der Waals surface area (Å²) in [6.45, 7) is 2.37. The third-order valence-corrected chi connectivity index (χ3v) is 7.08. The Morgan fingerprint density at radius 3 is 3.03 bits per heavy atom. The second-order valence-electron chi connectivity index (χ2n) is 7.90. The van der Waals surface area contributed by atoms with Crippen molar-refractivity contribution in [2.45, 2.75) is 62.7 Å². The number of aromatic nitrogens is 2. The molecule has 2 amide bonds. The highest BCUT2D eigenvalue weighted by molar-refractivity contribution is 7.91. The Morgan fingerprint density at radius 2 is 2.21 bits per heavy atom. The standard InChI is InChI=1S/C19H22FN5O3S/c1-10-9-25-18(28-10)16(8-22-25)29(21,27)24-19(26)23-17-14-4-2-3-11(14)5-12-6-13(20)7-15(12)17/h5,8,10,13H,2-4,6-7,9H2,1H3,(H3,21,23,24,26,27). The first-order chi connectivity index (χ1) is 13.8. The number of nitrogens with one attached hydrogen (secondary N) is 1. The van der Waals surface area contributed by atoms with Crippen LogP contribution >= 0.6 is 0 Å². The van der Waals surface area contributed by atoms with E-state index < -0.39 is 22.1 Å². The van der Waals surface area contributed by atoms with E-state index in [0.717, 1.165) is 41.5 Å². The quantitative estimate of drug-likeness (QED) is 0.779. The Bertz CT molecular complexity index is 1150. The summed E-state index contributed by atoms with van der Waals surface area (Å²) in [7, 11) is -3.54. The molecule has 0 spiro atoms. The van der Waals surface area contributed by atoms with Gasteiger partial charge in [0, 0.05) is 18.5 Å². The molecule has 29 heavy (non-hydrogen) atoms. The van der Waals surface area contributed by atoms with E-state index in [1.807, 2.05) is 6.92 Å². The molecule has 1 aromatic heterocycles. The first kappa shape index (κ1) is 18.6. The molecule has 3 aliphatic rings. The molecule has 2 aromatic rings. The number of hydrogen-bond acceptors (Lipinski definition) is 4. The van der Waals surface area contributed by atoms with Crippen molar-refractivity contribution in [1.29, 1.82) is 0 Å². The molecule has 1 aromatic carbocycles. The molecule has 3 N–H and O–H groups in total. The fourth-order valence-electron chi connectivity index (χ4n) is 4.53. The molecule has 8 nitrogen and oxygen atoms in total. The maximum absolute atomic E-state index is 14.0. The molecule has 2 aliphatic carbocycles. The van der Waals surface area contributed by atoms with Crippen LogP contribution in [0.15, 0.2) is 21.5 Å². The fourth-order valence-corrected chi connectivity index (χ4v) is 5.52. The number of carbonyl (C=O) groups is 1.